The van der Waals surface area contributed by atoms with Crippen molar-refractivity contribution in [1.29, 1.82) is 5.26 Å². The summed E-state index contributed by atoms with van der Waals surface area (Å²) < 4.78 is 5.41. The zero-order valence-electron chi connectivity index (χ0n) is 8.11. The number of fused-ring (bicyclic) bond motifs is 1. The van der Waals surface area contributed by atoms with E-state index in [9.17, 15) is 4.79 Å². The molecule has 0 fully saturated rings. The van der Waals surface area contributed by atoms with Crippen molar-refractivity contribution < 1.29 is 9.21 Å². The minimum atomic E-state index is -0.557. The van der Waals surface area contributed by atoms with Gasteiger partial charge in [-0.1, -0.05) is 0 Å². The summed E-state index contributed by atoms with van der Waals surface area (Å²) in [6.45, 7) is 0. The number of nitrogens with zero attached hydrogens (tertiary/aromatic N) is 1. The van der Waals surface area contributed by atoms with E-state index in [1.807, 2.05) is 6.07 Å². The molecule has 0 aliphatic carbocycles. The van der Waals surface area contributed by atoms with Crippen LogP contribution in [0.25, 0.3) is 17.0 Å². The molecule has 0 spiro atoms. The van der Waals surface area contributed by atoms with E-state index < -0.39 is 5.24 Å². The molecular formula is C12H6ClNO2. The van der Waals surface area contributed by atoms with Gasteiger partial charge in [-0.2, -0.15) is 5.26 Å². The third kappa shape index (κ3) is 2.13. The second-order valence-electron chi connectivity index (χ2n) is 3.15. The smallest absolute Gasteiger partial charge is 0.245 e. The molecule has 0 saturated carbocycles. The predicted octanol–water partition coefficient (Wildman–Crippen LogP) is 3.08. The van der Waals surface area contributed by atoms with E-state index in [0.717, 1.165) is 5.39 Å². The van der Waals surface area contributed by atoms with Crippen LogP contribution in [0, 0.1) is 11.3 Å². The van der Waals surface area contributed by atoms with Crippen LogP contribution in [0.5, 0.6) is 0 Å². The number of hydrogen-bond acceptors (Lipinski definition) is 3. The first-order chi connectivity index (χ1) is 7.69. The van der Waals surface area contributed by atoms with Gasteiger partial charge >= 0.3 is 0 Å². The molecule has 0 radical (unpaired) electrons. The van der Waals surface area contributed by atoms with Crippen LogP contribution in [0.4, 0.5) is 0 Å². The van der Waals surface area contributed by atoms with Gasteiger partial charge in [-0.25, -0.2) is 0 Å². The number of benzene rings is 1. The van der Waals surface area contributed by atoms with Crippen LogP contribution in [-0.2, 0) is 4.79 Å². The molecule has 0 atom stereocenters. The van der Waals surface area contributed by atoms with Crippen LogP contribution in [0.3, 0.4) is 0 Å². The van der Waals surface area contributed by atoms with Crippen LogP contribution in [0.15, 0.2) is 34.8 Å². The number of allylic oxidation sites excluding steroid dienone is 1. The molecule has 4 heteroatoms. The summed E-state index contributed by atoms with van der Waals surface area (Å²) in [5, 5.41) is 8.99. The first-order valence-electron chi connectivity index (χ1n) is 4.50. The second kappa shape index (κ2) is 4.21. The maximum absolute atomic E-state index is 10.5. The lowest BCUT2D eigenvalue weighted by Crippen LogP contribution is -1.73. The first kappa shape index (κ1) is 10.5. The van der Waals surface area contributed by atoms with Crippen molar-refractivity contribution in [1.82, 2.24) is 0 Å². The molecule has 0 unspecified atom stereocenters. The van der Waals surface area contributed by atoms with Gasteiger partial charge in [-0.15, -0.1) is 0 Å². The van der Waals surface area contributed by atoms with Crippen molar-refractivity contribution in [2.45, 2.75) is 0 Å². The van der Waals surface area contributed by atoms with Crippen LogP contribution in [0.2, 0.25) is 0 Å². The zero-order chi connectivity index (χ0) is 11.5. The van der Waals surface area contributed by atoms with E-state index in [0.29, 0.717) is 16.9 Å². The number of carbonyl (C=O) groups excluding carboxylic acids is 1. The molecule has 0 bridgehead atoms. The lowest BCUT2D eigenvalue weighted by atomic mass is 10.2. The molecule has 1 aromatic heterocycles. The van der Waals surface area contributed by atoms with E-state index in [1.54, 1.807) is 24.3 Å². The third-order valence-corrected chi connectivity index (χ3v) is 2.17. The van der Waals surface area contributed by atoms with E-state index in [2.05, 4.69) is 0 Å². The topological polar surface area (TPSA) is 54.0 Å². The normalized spacial score (nSPS) is 10.8. The molecule has 0 N–H and O–H groups in total. The molecule has 1 aromatic carbocycles. The SMILES string of the molecule is N#Cc1ccc2oc(/C=C/C(=O)Cl)cc2c1. The fraction of sp³-hybridized carbons (Fsp3) is 0. The lowest BCUT2D eigenvalue weighted by Gasteiger charge is -1.87. The van der Waals surface area contributed by atoms with Gasteiger partial charge in [0.05, 0.1) is 11.6 Å². The van der Waals surface area contributed by atoms with Crippen molar-refractivity contribution >= 4 is 33.9 Å². The molecule has 1 heterocycles. The average Bonchev–Trinajstić information content (AvgIpc) is 2.67. The van der Waals surface area contributed by atoms with Crippen LogP contribution in [0.1, 0.15) is 11.3 Å². The Labute approximate surface area is 96.5 Å². The largest absolute Gasteiger partial charge is 0.457 e. The number of furan rings is 1. The minimum Gasteiger partial charge on any atom is -0.457 e. The van der Waals surface area contributed by atoms with Gasteiger partial charge in [0.2, 0.25) is 5.24 Å². The lowest BCUT2D eigenvalue weighted by molar-refractivity contribution is -0.107. The maximum atomic E-state index is 10.5. The Morgan fingerprint density at radius 1 is 1.44 bits per heavy atom. The van der Waals surface area contributed by atoms with Gasteiger partial charge in [0, 0.05) is 11.5 Å². The van der Waals surface area contributed by atoms with Crippen LogP contribution < -0.4 is 0 Å². The Morgan fingerprint density at radius 2 is 2.25 bits per heavy atom. The van der Waals surface area contributed by atoms with Gasteiger partial charge in [0.15, 0.2) is 0 Å². The third-order valence-electron chi connectivity index (χ3n) is 2.04. The summed E-state index contributed by atoms with van der Waals surface area (Å²) in [6.07, 6.45) is 2.70. The minimum absolute atomic E-state index is 0.527. The monoisotopic (exact) mass is 231 g/mol. The molecule has 0 aliphatic rings. The standard InChI is InChI=1S/C12H6ClNO2/c13-12(15)4-2-10-6-9-5-8(7-14)1-3-11(9)16-10/h1-6H/b4-2+. The molecule has 78 valence electrons. The summed E-state index contributed by atoms with van der Waals surface area (Å²) in [7, 11) is 0. The van der Waals surface area contributed by atoms with E-state index >= 15 is 0 Å². The van der Waals surface area contributed by atoms with Crippen LogP contribution >= 0.6 is 11.6 Å². The highest BCUT2D eigenvalue weighted by atomic mass is 35.5. The van der Waals surface area contributed by atoms with E-state index in [-0.39, 0.29) is 0 Å². The summed E-state index contributed by atoms with van der Waals surface area (Å²) in [5.74, 6) is 0.527. The fourth-order valence-corrected chi connectivity index (χ4v) is 1.43. The van der Waals surface area contributed by atoms with E-state index in [1.165, 1.54) is 12.2 Å². The van der Waals surface area contributed by atoms with Crippen molar-refractivity contribution in [3.8, 4) is 6.07 Å². The highest BCUT2D eigenvalue weighted by Crippen LogP contribution is 2.21. The van der Waals surface area contributed by atoms with Gasteiger partial charge in [0.1, 0.15) is 11.3 Å². The summed E-state index contributed by atoms with van der Waals surface area (Å²) in [5.41, 5.74) is 1.23. The molecule has 0 saturated heterocycles. The van der Waals surface area contributed by atoms with E-state index in [4.69, 9.17) is 21.3 Å². The zero-order valence-corrected chi connectivity index (χ0v) is 8.86. The highest BCUT2D eigenvalue weighted by molar-refractivity contribution is 6.66. The molecule has 3 nitrogen and oxygen atoms in total. The Morgan fingerprint density at radius 3 is 2.94 bits per heavy atom. The quantitative estimate of drug-likeness (QED) is 0.590. The van der Waals surface area contributed by atoms with Gasteiger partial charge in [0.25, 0.3) is 0 Å². The molecule has 0 aliphatic heterocycles. The molecule has 2 aromatic rings. The Bertz CT molecular complexity index is 619. The summed E-state index contributed by atoms with van der Waals surface area (Å²) >= 11 is 5.16. The van der Waals surface area contributed by atoms with Crippen molar-refractivity contribution in [3.05, 3.63) is 41.7 Å². The second-order valence-corrected chi connectivity index (χ2v) is 3.52. The maximum Gasteiger partial charge on any atom is 0.245 e. The first-order valence-corrected chi connectivity index (χ1v) is 4.88. The number of rotatable bonds is 2. The number of halogens is 1. The highest BCUT2D eigenvalue weighted by Gasteiger charge is 2.02. The Hall–Kier alpha value is -2.05. The van der Waals surface area contributed by atoms with Crippen molar-refractivity contribution in [2.24, 2.45) is 0 Å². The Kier molecular flexibility index (Phi) is 2.76. The number of hydrogen-bond donors (Lipinski definition) is 0. The molecule has 16 heavy (non-hydrogen) atoms. The summed E-state index contributed by atoms with van der Waals surface area (Å²) in [6, 6.07) is 8.90. The van der Waals surface area contributed by atoms with Crippen molar-refractivity contribution in [3.63, 3.8) is 0 Å². The van der Waals surface area contributed by atoms with Crippen molar-refractivity contribution in [2.75, 3.05) is 0 Å². The number of nitriles is 1. The fourth-order valence-electron chi connectivity index (χ4n) is 1.36. The molecule has 2 rings (SSSR count). The molecule has 0 amide bonds. The summed E-state index contributed by atoms with van der Waals surface area (Å²) in [4.78, 5) is 10.5. The Balaban J connectivity index is 2.45. The average molecular weight is 232 g/mol. The predicted molar refractivity (Wildman–Crippen MR) is 60.8 cm³/mol. The molecular weight excluding hydrogens is 226 g/mol. The van der Waals surface area contributed by atoms with Gasteiger partial charge in [-0.05, 0) is 41.9 Å². The van der Waals surface area contributed by atoms with Gasteiger partial charge in [-0.3, -0.25) is 4.79 Å². The number of carbonyl (C=O) groups is 1. The van der Waals surface area contributed by atoms with Gasteiger partial charge < -0.3 is 4.42 Å². The van der Waals surface area contributed by atoms with Crippen LogP contribution in [-0.4, -0.2) is 5.24 Å².